The molecule has 1 unspecified atom stereocenters. The molecule has 0 heterocycles. The van der Waals surface area contributed by atoms with Crippen molar-refractivity contribution in [2.24, 2.45) is 0 Å². The largest absolute Gasteiger partial charge is 0.396 e. The van der Waals surface area contributed by atoms with E-state index in [1.165, 1.54) is 23.9 Å². The maximum atomic E-state index is 13.2. The molecule has 0 amide bonds. The number of ketones is 1. The number of halogens is 1. The van der Waals surface area contributed by atoms with Crippen molar-refractivity contribution in [1.82, 2.24) is 0 Å². The minimum absolute atomic E-state index is 0.113. The van der Waals surface area contributed by atoms with Gasteiger partial charge < -0.3 is 5.11 Å². The summed E-state index contributed by atoms with van der Waals surface area (Å²) in [7, 11) is 0. The number of hydrogen-bond acceptors (Lipinski definition) is 3. The minimum Gasteiger partial charge on any atom is -0.396 e. The summed E-state index contributed by atoms with van der Waals surface area (Å²) in [5.74, 6) is -0.418. The summed E-state index contributed by atoms with van der Waals surface area (Å²) in [5, 5.41) is 8.91. The molecular formula is C12H15FO2S. The van der Waals surface area contributed by atoms with Crippen LogP contribution >= 0.6 is 11.8 Å². The molecule has 0 aromatic heterocycles. The Balaban J connectivity index is 2.50. The maximum Gasteiger partial charge on any atom is 0.175 e. The number of aliphatic hydroxyl groups is 1. The number of carbonyl (C=O) groups is 1. The number of aliphatic hydroxyl groups excluding tert-OH is 1. The summed E-state index contributed by atoms with van der Waals surface area (Å²) < 4.78 is 13.2. The van der Waals surface area contributed by atoms with E-state index in [0.29, 0.717) is 6.42 Å². The van der Waals surface area contributed by atoms with E-state index in [4.69, 9.17) is 5.11 Å². The van der Waals surface area contributed by atoms with Crippen LogP contribution in [0.3, 0.4) is 0 Å². The second-order valence-electron chi connectivity index (χ2n) is 3.54. The number of carbonyl (C=O) groups excluding carboxylic acids is 1. The van der Waals surface area contributed by atoms with Gasteiger partial charge in [-0.3, -0.25) is 4.79 Å². The number of thioether (sulfide) groups is 1. The predicted molar refractivity (Wildman–Crippen MR) is 64.4 cm³/mol. The Morgan fingerprint density at radius 1 is 1.50 bits per heavy atom. The Hall–Kier alpha value is -0.870. The maximum absolute atomic E-state index is 13.2. The van der Waals surface area contributed by atoms with Gasteiger partial charge in [-0.15, -0.1) is 0 Å². The standard InChI is InChI=1S/C12H15FO2S/c1-9(6-7-14)16-8-12(15)10-4-2-3-5-11(10)13/h2-5,9,14H,6-8H2,1H3. The molecule has 4 heteroatoms. The third kappa shape index (κ3) is 3.94. The topological polar surface area (TPSA) is 37.3 Å². The van der Waals surface area contributed by atoms with Crippen molar-refractivity contribution < 1.29 is 14.3 Å². The molecule has 0 aliphatic heterocycles. The van der Waals surface area contributed by atoms with Crippen molar-refractivity contribution in [1.29, 1.82) is 0 Å². The van der Waals surface area contributed by atoms with E-state index >= 15 is 0 Å². The number of hydrogen-bond donors (Lipinski definition) is 1. The third-order valence-electron chi connectivity index (χ3n) is 2.21. The van der Waals surface area contributed by atoms with Gasteiger partial charge >= 0.3 is 0 Å². The molecular weight excluding hydrogens is 227 g/mol. The van der Waals surface area contributed by atoms with Gasteiger partial charge in [0.05, 0.1) is 11.3 Å². The number of rotatable bonds is 6. The van der Waals surface area contributed by atoms with E-state index in [0.717, 1.165) is 0 Å². The molecule has 0 aliphatic rings. The van der Waals surface area contributed by atoms with Crippen LogP contribution < -0.4 is 0 Å². The lowest BCUT2D eigenvalue weighted by Crippen LogP contribution is -2.09. The minimum atomic E-state index is -0.470. The number of benzene rings is 1. The second kappa shape index (κ2) is 6.66. The van der Waals surface area contributed by atoms with Gasteiger partial charge in [0.2, 0.25) is 0 Å². The highest BCUT2D eigenvalue weighted by Crippen LogP contribution is 2.17. The quantitative estimate of drug-likeness (QED) is 0.779. The average molecular weight is 242 g/mol. The van der Waals surface area contributed by atoms with Gasteiger partial charge in [0.1, 0.15) is 5.82 Å². The molecule has 16 heavy (non-hydrogen) atoms. The summed E-state index contributed by atoms with van der Waals surface area (Å²) in [6, 6.07) is 6.00. The molecule has 1 aromatic carbocycles. The highest BCUT2D eigenvalue weighted by atomic mass is 32.2. The smallest absolute Gasteiger partial charge is 0.175 e. The molecule has 0 saturated heterocycles. The molecule has 88 valence electrons. The molecule has 0 bridgehead atoms. The van der Waals surface area contributed by atoms with Gasteiger partial charge in [0.15, 0.2) is 5.78 Å². The van der Waals surface area contributed by atoms with E-state index < -0.39 is 5.82 Å². The van der Waals surface area contributed by atoms with Crippen LogP contribution in [-0.2, 0) is 0 Å². The molecule has 1 aromatic rings. The summed E-state index contributed by atoms with van der Waals surface area (Å²) >= 11 is 1.44. The molecule has 0 fully saturated rings. The van der Waals surface area contributed by atoms with Crippen molar-refractivity contribution in [3.63, 3.8) is 0 Å². The lowest BCUT2D eigenvalue weighted by atomic mass is 10.1. The Bertz CT molecular complexity index is 355. The fourth-order valence-electron chi connectivity index (χ4n) is 1.25. The van der Waals surface area contributed by atoms with E-state index in [9.17, 15) is 9.18 Å². The van der Waals surface area contributed by atoms with Crippen molar-refractivity contribution in [2.45, 2.75) is 18.6 Å². The first-order chi connectivity index (χ1) is 7.65. The SMILES string of the molecule is CC(CCO)SCC(=O)c1ccccc1F. The highest BCUT2D eigenvalue weighted by molar-refractivity contribution is 8.00. The molecule has 0 aliphatic carbocycles. The van der Waals surface area contributed by atoms with Crippen molar-refractivity contribution in [3.05, 3.63) is 35.6 Å². The molecule has 0 radical (unpaired) electrons. The highest BCUT2D eigenvalue weighted by Gasteiger charge is 2.12. The zero-order chi connectivity index (χ0) is 12.0. The molecule has 0 spiro atoms. The summed E-state index contributed by atoms with van der Waals surface area (Å²) in [5.41, 5.74) is 0.145. The first-order valence-electron chi connectivity index (χ1n) is 5.15. The first kappa shape index (κ1) is 13.2. The molecule has 1 N–H and O–H groups in total. The van der Waals surface area contributed by atoms with E-state index in [1.807, 2.05) is 6.92 Å². The fourth-order valence-corrected chi connectivity index (χ4v) is 2.11. The molecule has 1 atom stereocenters. The van der Waals surface area contributed by atoms with E-state index in [-0.39, 0.29) is 29.0 Å². The Labute approximate surface area is 98.9 Å². The average Bonchev–Trinajstić information content (AvgIpc) is 2.27. The lowest BCUT2D eigenvalue weighted by Gasteiger charge is -2.08. The molecule has 2 nitrogen and oxygen atoms in total. The van der Waals surface area contributed by atoms with Crippen LogP contribution in [0.1, 0.15) is 23.7 Å². The lowest BCUT2D eigenvalue weighted by molar-refractivity contribution is 0.101. The van der Waals surface area contributed by atoms with Gasteiger partial charge in [0.25, 0.3) is 0 Å². The van der Waals surface area contributed by atoms with Crippen molar-refractivity contribution >= 4 is 17.5 Å². The van der Waals surface area contributed by atoms with Gasteiger partial charge in [-0.25, -0.2) is 4.39 Å². The van der Waals surface area contributed by atoms with Gasteiger partial charge in [0, 0.05) is 11.9 Å². The summed E-state index contributed by atoms with van der Waals surface area (Å²) in [4.78, 5) is 11.7. The van der Waals surface area contributed by atoms with Gasteiger partial charge in [-0.05, 0) is 18.6 Å². The third-order valence-corrected chi connectivity index (χ3v) is 3.44. The zero-order valence-corrected chi connectivity index (χ0v) is 9.97. The van der Waals surface area contributed by atoms with Gasteiger partial charge in [-0.1, -0.05) is 19.1 Å². The second-order valence-corrected chi connectivity index (χ2v) is 4.96. The van der Waals surface area contributed by atoms with Crippen LogP contribution in [0.15, 0.2) is 24.3 Å². The predicted octanol–water partition coefficient (Wildman–Crippen LogP) is 2.51. The van der Waals surface area contributed by atoms with Crippen molar-refractivity contribution in [2.75, 3.05) is 12.4 Å². The van der Waals surface area contributed by atoms with Crippen LogP contribution in [0, 0.1) is 5.82 Å². The summed E-state index contributed by atoms with van der Waals surface area (Å²) in [6.45, 7) is 2.05. The van der Waals surface area contributed by atoms with Gasteiger partial charge in [-0.2, -0.15) is 11.8 Å². The zero-order valence-electron chi connectivity index (χ0n) is 9.15. The fraction of sp³-hybridized carbons (Fsp3) is 0.417. The molecule has 1 rings (SSSR count). The Kier molecular flexibility index (Phi) is 5.49. The van der Waals surface area contributed by atoms with Crippen LogP contribution in [0.25, 0.3) is 0 Å². The van der Waals surface area contributed by atoms with Crippen molar-refractivity contribution in [3.8, 4) is 0 Å². The molecule has 0 saturated carbocycles. The van der Waals surface area contributed by atoms with E-state index in [1.54, 1.807) is 12.1 Å². The normalized spacial score (nSPS) is 12.4. The first-order valence-corrected chi connectivity index (χ1v) is 6.20. The summed E-state index contributed by atoms with van der Waals surface area (Å²) in [6.07, 6.45) is 0.648. The Morgan fingerprint density at radius 2 is 2.19 bits per heavy atom. The van der Waals surface area contributed by atoms with Crippen LogP contribution in [0.2, 0.25) is 0 Å². The number of Topliss-reactive ketones (excluding diaryl/α,β-unsaturated/α-hetero) is 1. The van der Waals surface area contributed by atoms with Crippen LogP contribution in [0.5, 0.6) is 0 Å². The Morgan fingerprint density at radius 3 is 2.81 bits per heavy atom. The van der Waals surface area contributed by atoms with E-state index in [2.05, 4.69) is 0 Å². The monoisotopic (exact) mass is 242 g/mol. The van der Waals surface area contributed by atoms with Crippen LogP contribution in [-0.4, -0.2) is 28.5 Å². The van der Waals surface area contributed by atoms with Crippen LogP contribution in [0.4, 0.5) is 4.39 Å².